The second-order valence-electron chi connectivity index (χ2n) is 4.66. The topological polar surface area (TPSA) is 75.6 Å². The third kappa shape index (κ3) is 3.60. The Morgan fingerprint density at radius 1 is 1.38 bits per heavy atom. The van der Waals surface area contributed by atoms with Crippen molar-refractivity contribution in [2.75, 3.05) is 6.54 Å². The molecule has 21 heavy (non-hydrogen) atoms. The fraction of sp³-hybridized carbons (Fsp3) is 0.214. The number of H-pyrrole nitrogens is 1. The van der Waals surface area contributed by atoms with E-state index in [1.165, 1.54) is 0 Å². The van der Waals surface area contributed by atoms with Crippen molar-refractivity contribution in [3.63, 3.8) is 0 Å². The van der Waals surface area contributed by atoms with E-state index in [1.807, 2.05) is 30.5 Å². The molecule has 0 spiro atoms. The minimum atomic E-state index is -0.0504. The van der Waals surface area contributed by atoms with Gasteiger partial charge in [0.2, 0.25) is 5.91 Å². The number of carbonyl (C=O) groups is 1. The van der Waals surface area contributed by atoms with Gasteiger partial charge in [-0.05, 0) is 34.7 Å². The average molecular weight is 395 g/mol. The monoisotopic (exact) mass is 395 g/mol. The number of imidazole rings is 1. The zero-order valence-electron chi connectivity index (χ0n) is 11.2. The standard InChI is InChI=1S/C14H14IN5O/c15-10-7-17-20(8-10)9-14(21)16-6-5-13-18-11-3-1-2-4-12(11)19-13/h1-4,7-8H,5-6,9H2,(H,16,21)(H,18,19). The quantitative estimate of drug-likeness (QED) is 0.647. The minimum Gasteiger partial charge on any atom is -0.354 e. The van der Waals surface area contributed by atoms with Crippen LogP contribution in [0.5, 0.6) is 0 Å². The number of halogens is 1. The summed E-state index contributed by atoms with van der Waals surface area (Å²) in [5.74, 6) is 0.829. The molecule has 0 aliphatic carbocycles. The molecule has 2 heterocycles. The molecule has 2 N–H and O–H groups in total. The Morgan fingerprint density at radius 2 is 2.24 bits per heavy atom. The van der Waals surface area contributed by atoms with Gasteiger partial charge in [0.05, 0.1) is 20.8 Å². The first-order valence-electron chi connectivity index (χ1n) is 6.59. The predicted octanol–water partition coefficient (Wildman–Crippen LogP) is 1.72. The van der Waals surface area contributed by atoms with Gasteiger partial charge in [0.15, 0.2) is 0 Å². The third-order valence-electron chi connectivity index (χ3n) is 3.03. The van der Waals surface area contributed by atoms with Gasteiger partial charge in [-0.3, -0.25) is 9.48 Å². The van der Waals surface area contributed by atoms with Crippen LogP contribution in [0.3, 0.4) is 0 Å². The van der Waals surface area contributed by atoms with Crippen LogP contribution in [0, 0.1) is 3.57 Å². The Kier molecular flexibility index (Phi) is 4.18. The van der Waals surface area contributed by atoms with Gasteiger partial charge < -0.3 is 10.3 Å². The molecule has 7 heteroatoms. The van der Waals surface area contributed by atoms with E-state index in [-0.39, 0.29) is 12.5 Å². The van der Waals surface area contributed by atoms with Crippen molar-refractivity contribution >= 4 is 39.5 Å². The van der Waals surface area contributed by atoms with E-state index < -0.39 is 0 Å². The molecule has 0 saturated heterocycles. The number of nitrogens with one attached hydrogen (secondary N) is 2. The van der Waals surface area contributed by atoms with Gasteiger partial charge in [0.25, 0.3) is 0 Å². The highest BCUT2D eigenvalue weighted by molar-refractivity contribution is 14.1. The first-order valence-corrected chi connectivity index (χ1v) is 7.67. The van der Waals surface area contributed by atoms with E-state index in [4.69, 9.17) is 0 Å². The highest BCUT2D eigenvalue weighted by atomic mass is 127. The summed E-state index contributed by atoms with van der Waals surface area (Å²) < 4.78 is 2.64. The molecule has 0 fully saturated rings. The number of nitrogens with zero attached hydrogens (tertiary/aromatic N) is 3. The Morgan fingerprint density at radius 3 is 3.00 bits per heavy atom. The van der Waals surface area contributed by atoms with Crippen LogP contribution >= 0.6 is 22.6 Å². The summed E-state index contributed by atoms with van der Waals surface area (Å²) in [4.78, 5) is 19.5. The number of carbonyl (C=O) groups excluding carboxylic acids is 1. The van der Waals surface area contributed by atoms with E-state index >= 15 is 0 Å². The van der Waals surface area contributed by atoms with Crippen LogP contribution in [0.15, 0.2) is 36.7 Å². The number of para-hydroxylation sites is 2. The van der Waals surface area contributed by atoms with Gasteiger partial charge in [0.1, 0.15) is 12.4 Å². The number of aromatic amines is 1. The SMILES string of the molecule is O=C(Cn1cc(I)cn1)NCCc1nc2ccccc2[nH]1. The molecule has 108 valence electrons. The van der Waals surface area contributed by atoms with Crippen LogP contribution < -0.4 is 5.32 Å². The largest absolute Gasteiger partial charge is 0.354 e. The summed E-state index contributed by atoms with van der Waals surface area (Å²) in [7, 11) is 0. The lowest BCUT2D eigenvalue weighted by atomic mass is 10.3. The molecule has 0 unspecified atom stereocenters. The number of hydrogen-bond donors (Lipinski definition) is 2. The Balaban J connectivity index is 1.50. The van der Waals surface area contributed by atoms with E-state index in [9.17, 15) is 4.79 Å². The molecular weight excluding hydrogens is 381 g/mol. The van der Waals surface area contributed by atoms with Crippen molar-refractivity contribution < 1.29 is 4.79 Å². The molecule has 0 bridgehead atoms. The molecule has 0 aliphatic heterocycles. The van der Waals surface area contributed by atoms with Gasteiger partial charge >= 0.3 is 0 Å². The number of benzene rings is 1. The normalized spacial score (nSPS) is 10.9. The van der Waals surface area contributed by atoms with Crippen LogP contribution in [0.25, 0.3) is 11.0 Å². The first-order chi connectivity index (χ1) is 10.2. The maximum absolute atomic E-state index is 11.8. The molecular formula is C14H14IN5O. The predicted molar refractivity (Wildman–Crippen MR) is 87.8 cm³/mol. The van der Waals surface area contributed by atoms with Gasteiger partial charge in [-0.2, -0.15) is 5.10 Å². The number of hydrogen-bond acceptors (Lipinski definition) is 3. The number of fused-ring (bicyclic) bond motifs is 1. The molecule has 3 rings (SSSR count). The lowest BCUT2D eigenvalue weighted by Gasteiger charge is -2.03. The summed E-state index contributed by atoms with van der Waals surface area (Å²) in [6.45, 7) is 0.792. The lowest BCUT2D eigenvalue weighted by molar-refractivity contribution is -0.121. The average Bonchev–Trinajstić information content (AvgIpc) is 3.04. The summed E-state index contributed by atoms with van der Waals surface area (Å²) in [5.41, 5.74) is 1.97. The molecule has 3 aromatic rings. The third-order valence-corrected chi connectivity index (χ3v) is 3.59. The van der Waals surface area contributed by atoms with Crippen LogP contribution in [0.4, 0.5) is 0 Å². The maximum atomic E-state index is 11.8. The van der Waals surface area contributed by atoms with E-state index in [2.05, 4.69) is 43.0 Å². The van der Waals surface area contributed by atoms with Gasteiger partial charge in [-0.25, -0.2) is 4.98 Å². The lowest BCUT2D eigenvalue weighted by Crippen LogP contribution is -2.29. The number of aromatic nitrogens is 4. The van der Waals surface area contributed by atoms with Crippen LogP contribution in [-0.4, -0.2) is 32.2 Å². The van der Waals surface area contributed by atoms with Gasteiger partial charge in [-0.1, -0.05) is 12.1 Å². The Bertz CT molecular complexity index is 730. The molecule has 0 radical (unpaired) electrons. The van der Waals surface area contributed by atoms with Crippen LogP contribution in [-0.2, 0) is 17.8 Å². The van der Waals surface area contributed by atoms with Crippen molar-refractivity contribution in [3.8, 4) is 0 Å². The molecule has 6 nitrogen and oxygen atoms in total. The van der Waals surface area contributed by atoms with Crippen molar-refractivity contribution in [1.29, 1.82) is 0 Å². The molecule has 0 saturated carbocycles. The van der Waals surface area contributed by atoms with Crippen molar-refractivity contribution in [2.45, 2.75) is 13.0 Å². The fourth-order valence-electron chi connectivity index (χ4n) is 2.07. The van der Waals surface area contributed by atoms with Crippen LogP contribution in [0.2, 0.25) is 0 Å². The molecule has 0 atom stereocenters. The fourth-order valence-corrected chi connectivity index (χ4v) is 2.52. The molecule has 1 amide bonds. The minimum absolute atomic E-state index is 0.0504. The first kappa shape index (κ1) is 14.1. The zero-order valence-corrected chi connectivity index (χ0v) is 13.4. The van der Waals surface area contributed by atoms with Gasteiger partial charge in [0, 0.05) is 19.2 Å². The number of amides is 1. The molecule has 1 aromatic carbocycles. The summed E-state index contributed by atoms with van der Waals surface area (Å²) in [6, 6.07) is 7.88. The highest BCUT2D eigenvalue weighted by Gasteiger charge is 2.05. The molecule has 0 aliphatic rings. The van der Waals surface area contributed by atoms with Crippen molar-refractivity contribution in [2.24, 2.45) is 0 Å². The van der Waals surface area contributed by atoms with Crippen molar-refractivity contribution in [3.05, 3.63) is 46.1 Å². The Hall–Kier alpha value is -1.90. The molecule has 2 aromatic heterocycles. The summed E-state index contributed by atoms with van der Waals surface area (Å²) in [6.07, 6.45) is 4.23. The Labute approximate surface area is 135 Å². The van der Waals surface area contributed by atoms with E-state index in [0.29, 0.717) is 13.0 Å². The number of rotatable bonds is 5. The second kappa shape index (κ2) is 6.25. The summed E-state index contributed by atoms with van der Waals surface area (Å²) in [5, 5.41) is 6.95. The summed E-state index contributed by atoms with van der Waals surface area (Å²) >= 11 is 2.16. The zero-order chi connectivity index (χ0) is 14.7. The van der Waals surface area contributed by atoms with Crippen molar-refractivity contribution in [1.82, 2.24) is 25.1 Å². The van der Waals surface area contributed by atoms with E-state index in [1.54, 1.807) is 10.9 Å². The van der Waals surface area contributed by atoms with E-state index in [0.717, 1.165) is 20.4 Å². The maximum Gasteiger partial charge on any atom is 0.241 e. The van der Waals surface area contributed by atoms with Crippen LogP contribution in [0.1, 0.15) is 5.82 Å². The second-order valence-corrected chi connectivity index (χ2v) is 5.90. The smallest absolute Gasteiger partial charge is 0.241 e. The van der Waals surface area contributed by atoms with Gasteiger partial charge in [-0.15, -0.1) is 0 Å². The highest BCUT2D eigenvalue weighted by Crippen LogP contribution is 2.10.